The molecule has 29 heavy (non-hydrogen) atoms. The van der Waals surface area contributed by atoms with Crippen molar-refractivity contribution in [2.45, 2.75) is 6.42 Å². The van der Waals surface area contributed by atoms with Gasteiger partial charge in [0.05, 0.1) is 5.92 Å². The first-order valence-corrected chi connectivity index (χ1v) is 10.1. The molecule has 1 aliphatic rings. The topological polar surface area (TPSA) is 58.6 Å². The summed E-state index contributed by atoms with van der Waals surface area (Å²) in [6.07, 6.45) is 0.199. The van der Waals surface area contributed by atoms with E-state index in [1.54, 1.807) is 4.90 Å². The number of hydrogen-bond acceptors (Lipinski definition) is 3. The quantitative estimate of drug-likeness (QED) is 0.578. The van der Waals surface area contributed by atoms with Gasteiger partial charge in [0.25, 0.3) is 0 Å². The van der Waals surface area contributed by atoms with Crippen LogP contribution in [0.4, 0.5) is 11.4 Å². The minimum Gasteiger partial charge on any atom is -0.457 e. The van der Waals surface area contributed by atoms with E-state index in [-0.39, 0.29) is 24.2 Å². The largest absolute Gasteiger partial charge is 0.457 e. The minimum atomic E-state index is -0.383. The first kappa shape index (κ1) is 19.2. The molecule has 0 aromatic heterocycles. The predicted molar refractivity (Wildman–Crippen MR) is 116 cm³/mol. The number of rotatable bonds is 5. The third-order valence-corrected chi connectivity index (χ3v) is 5.26. The summed E-state index contributed by atoms with van der Waals surface area (Å²) in [5.74, 6) is 0.856. The summed E-state index contributed by atoms with van der Waals surface area (Å²) in [6, 6.07) is 24.2. The van der Waals surface area contributed by atoms with Crippen LogP contribution in [0.2, 0.25) is 0 Å². The Labute approximate surface area is 177 Å². The normalized spacial score (nSPS) is 16.0. The number of amides is 2. The summed E-state index contributed by atoms with van der Waals surface area (Å²) in [7, 11) is 0. The van der Waals surface area contributed by atoms with Crippen molar-refractivity contribution in [3.05, 3.63) is 83.3 Å². The molecule has 2 amide bonds. The molecule has 1 saturated heterocycles. The lowest BCUT2D eigenvalue weighted by Crippen LogP contribution is -2.28. The Morgan fingerprint density at radius 2 is 1.59 bits per heavy atom. The second-order valence-corrected chi connectivity index (χ2v) is 7.73. The second kappa shape index (κ2) is 8.49. The van der Waals surface area contributed by atoms with Crippen molar-refractivity contribution >= 4 is 39.1 Å². The third-order valence-electron chi connectivity index (χ3n) is 4.73. The number of nitrogens with one attached hydrogen (secondary N) is 1. The maximum Gasteiger partial charge on any atom is 0.229 e. The molecule has 0 radical (unpaired) electrons. The van der Waals surface area contributed by atoms with Crippen molar-refractivity contribution in [1.82, 2.24) is 0 Å². The highest BCUT2D eigenvalue weighted by Crippen LogP contribution is 2.29. The fourth-order valence-electron chi connectivity index (χ4n) is 3.23. The highest BCUT2D eigenvalue weighted by molar-refractivity contribution is 9.10. The molecule has 0 bridgehead atoms. The van der Waals surface area contributed by atoms with E-state index in [0.717, 1.165) is 15.9 Å². The van der Waals surface area contributed by atoms with E-state index in [1.807, 2.05) is 78.9 Å². The lowest BCUT2D eigenvalue weighted by molar-refractivity contribution is -0.122. The molecule has 5 nitrogen and oxygen atoms in total. The highest BCUT2D eigenvalue weighted by Gasteiger charge is 2.35. The lowest BCUT2D eigenvalue weighted by Gasteiger charge is -2.17. The molecule has 0 unspecified atom stereocenters. The van der Waals surface area contributed by atoms with Gasteiger partial charge in [0.15, 0.2) is 0 Å². The molecule has 0 spiro atoms. The molecule has 1 atom stereocenters. The van der Waals surface area contributed by atoms with Crippen LogP contribution in [0.5, 0.6) is 11.5 Å². The number of nitrogens with zero attached hydrogens (tertiary/aromatic N) is 1. The highest BCUT2D eigenvalue weighted by atomic mass is 79.9. The Morgan fingerprint density at radius 3 is 2.28 bits per heavy atom. The number of ether oxygens (including phenoxy) is 1. The van der Waals surface area contributed by atoms with Gasteiger partial charge in [-0.3, -0.25) is 9.59 Å². The van der Waals surface area contributed by atoms with E-state index in [2.05, 4.69) is 21.2 Å². The SMILES string of the molecule is O=C(Nc1ccc(Br)cc1)[C@@H]1CC(=O)N(c2ccc(Oc3ccccc3)cc2)C1. The lowest BCUT2D eigenvalue weighted by atomic mass is 10.1. The molecule has 4 rings (SSSR count). The van der Waals surface area contributed by atoms with Gasteiger partial charge in [0.1, 0.15) is 11.5 Å². The number of hydrogen-bond donors (Lipinski definition) is 1. The standard InChI is InChI=1S/C23H19BrN2O3/c24-17-6-8-18(9-7-17)25-23(28)16-14-22(27)26(15-16)19-10-12-21(13-11-19)29-20-4-2-1-3-5-20/h1-13,16H,14-15H2,(H,25,28)/t16-/m1/s1. The van der Waals surface area contributed by atoms with Crippen LogP contribution in [0.15, 0.2) is 83.3 Å². The Kier molecular flexibility index (Phi) is 5.62. The number of halogens is 1. The van der Waals surface area contributed by atoms with Crippen molar-refractivity contribution < 1.29 is 14.3 Å². The Hall–Kier alpha value is -3.12. The molecule has 6 heteroatoms. The van der Waals surface area contributed by atoms with Crippen LogP contribution in [-0.4, -0.2) is 18.4 Å². The zero-order valence-corrected chi connectivity index (χ0v) is 17.1. The molecule has 0 saturated carbocycles. The van der Waals surface area contributed by atoms with Gasteiger partial charge in [0.2, 0.25) is 11.8 Å². The molecule has 1 aliphatic heterocycles. The van der Waals surface area contributed by atoms with Gasteiger partial charge in [-0.05, 0) is 60.7 Å². The third kappa shape index (κ3) is 4.66. The maximum atomic E-state index is 12.6. The van der Waals surface area contributed by atoms with Gasteiger partial charge in [-0.1, -0.05) is 34.1 Å². The molecule has 146 valence electrons. The number of para-hydroxylation sites is 1. The van der Waals surface area contributed by atoms with Crippen LogP contribution >= 0.6 is 15.9 Å². The molecule has 0 aliphatic carbocycles. The van der Waals surface area contributed by atoms with Crippen molar-refractivity contribution in [3.8, 4) is 11.5 Å². The van der Waals surface area contributed by atoms with E-state index in [1.165, 1.54) is 0 Å². The second-order valence-electron chi connectivity index (χ2n) is 6.81. The van der Waals surface area contributed by atoms with Crippen LogP contribution in [0.1, 0.15) is 6.42 Å². The van der Waals surface area contributed by atoms with E-state index in [0.29, 0.717) is 18.0 Å². The summed E-state index contributed by atoms with van der Waals surface area (Å²) in [4.78, 5) is 26.7. The number of benzene rings is 3. The molecule has 1 N–H and O–H groups in total. The zero-order chi connectivity index (χ0) is 20.2. The van der Waals surface area contributed by atoms with Crippen molar-refractivity contribution in [1.29, 1.82) is 0 Å². The van der Waals surface area contributed by atoms with E-state index in [9.17, 15) is 9.59 Å². The summed E-state index contributed by atoms with van der Waals surface area (Å²) < 4.78 is 6.73. The summed E-state index contributed by atoms with van der Waals surface area (Å²) in [5.41, 5.74) is 1.47. The molecular weight excluding hydrogens is 432 g/mol. The Morgan fingerprint density at radius 1 is 0.931 bits per heavy atom. The van der Waals surface area contributed by atoms with Gasteiger partial charge in [0, 0.05) is 28.8 Å². The van der Waals surface area contributed by atoms with E-state index in [4.69, 9.17) is 4.74 Å². The van der Waals surface area contributed by atoms with Crippen molar-refractivity contribution in [3.63, 3.8) is 0 Å². The van der Waals surface area contributed by atoms with Gasteiger partial charge in [-0.25, -0.2) is 0 Å². The Bertz CT molecular complexity index is 1000. The van der Waals surface area contributed by atoms with Gasteiger partial charge >= 0.3 is 0 Å². The van der Waals surface area contributed by atoms with E-state index >= 15 is 0 Å². The number of carbonyl (C=O) groups excluding carboxylic acids is 2. The van der Waals surface area contributed by atoms with Crippen molar-refractivity contribution in [2.75, 3.05) is 16.8 Å². The molecule has 1 fully saturated rings. The average molecular weight is 451 g/mol. The van der Waals surface area contributed by atoms with Crippen LogP contribution in [-0.2, 0) is 9.59 Å². The smallest absolute Gasteiger partial charge is 0.229 e. The predicted octanol–water partition coefficient (Wildman–Crippen LogP) is 5.23. The molecule has 3 aromatic rings. The fraction of sp³-hybridized carbons (Fsp3) is 0.130. The van der Waals surface area contributed by atoms with E-state index < -0.39 is 0 Å². The van der Waals surface area contributed by atoms with Crippen molar-refractivity contribution in [2.24, 2.45) is 5.92 Å². The summed E-state index contributed by atoms with van der Waals surface area (Å²) in [5, 5.41) is 2.88. The summed E-state index contributed by atoms with van der Waals surface area (Å²) >= 11 is 3.37. The zero-order valence-electron chi connectivity index (χ0n) is 15.5. The van der Waals surface area contributed by atoms with Crippen LogP contribution in [0, 0.1) is 5.92 Å². The Balaban J connectivity index is 1.39. The first-order chi connectivity index (χ1) is 14.1. The molecule has 3 aromatic carbocycles. The fourth-order valence-corrected chi connectivity index (χ4v) is 3.49. The van der Waals surface area contributed by atoms with Crippen LogP contribution in [0.25, 0.3) is 0 Å². The minimum absolute atomic E-state index is 0.0577. The van der Waals surface area contributed by atoms with Crippen LogP contribution in [0.3, 0.4) is 0 Å². The maximum absolute atomic E-state index is 12.6. The number of anilines is 2. The van der Waals surface area contributed by atoms with Gasteiger partial charge in [-0.15, -0.1) is 0 Å². The molecule has 1 heterocycles. The first-order valence-electron chi connectivity index (χ1n) is 9.28. The average Bonchev–Trinajstić information content (AvgIpc) is 3.13. The van der Waals surface area contributed by atoms with Crippen LogP contribution < -0.4 is 15.0 Å². The monoisotopic (exact) mass is 450 g/mol. The van der Waals surface area contributed by atoms with Gasteiger partial charge in [-0.2, -0.15) is 0 Å². The number of carbonyl (C=O) groups is 2. The van der Waals surface area contributed by atoms with Gasteiger partial charge < -0.3 is 15.0 Å². The molecular formula is C23H19BrN2O3. The summed E-state index contributed by atoms with van der Waals surface area (Å²) in [6.45, 7) is 0.361.